The third-order valence-electron chi connectivity index (χ3n) is 6.42. The number of nitrogens with one attached hydrogen (secondary N) is 1. The van der Waals surface area contributed by atoms with E-state index in [9.17, 15) is 5.11 Å². The normalized spacial score (nSPS) is 29.3. The fraction of sp³-hybridized carbons (Fsp3) is 0.476. The Morgan fingerprint density at radius 1 is 1.12 bits per heavy atom. The quantitative estimate of drug-likeness (QED) is 0.761. The Balaban J connectivity index is 1.23. The second-order valence-corrected chi connectivity index (χ2v) is 7.98. The number of fused-ring (bicyclic) bond motifs is 2. The number of H-pyrrole nitrogens is 1. The van der Waals surface area contributed by atoms with Crippen LogP contribution in [-0.4, -0.2) is 50.5 Å². The summed E-state index contributed by atoms with van der Waals surface area (Å²) in [6.45, 7) is 3.37. The molecule has 136 valence electrons. The Labute approximate surface area is 153 Å². The van der Waals surface area contributed by atoms with Gasteiger partial charge in [-0.2, -0.15) is 5.10 Å². The van der Waals surface area contributed by atoms with Gasteiger partial charge < -0.3 is 15.0 Å². The first-order chi connectivity index (χ1) is 12.8. The molecule has 5 rings (SSSR count). The van der Waals surface area contributed by atoms with E-state index in [0.29, 0.717) is 11.8 Å². The van der Waals surface area contributed by atoms with Gasteiger partial charge in [0.25, 0.3) is 0 Å². The van der Waals surface area contributed by atoms with Crippen molar-refractivity contribution in [1.82, 2.24) is 19.7 Å². The standard InChI is InChI=1S/C21H26N4O/c26-21-11-17-14-24(13-16(17)10-20(21)25-8-3-7-23-25)9-6-15-12-22-19-5-2-1-4-18(15)19/h1-5,7-8,12,16-17,20-22,26H,6,9-11,13-14H2/t16-,17+,20-,21-/m1/s1. The second kappa shape index (κ2) is 6.56. The summed E-state index contributed by atoms with van der Waals surface area (Å²) in [4.78, 5) is 5.97. The van der Waals surface area contributed by atoms with Crippen LogP contribution in [-0.2, 0) is 6.42 Å². The molecule has 26 heavy (non-hydrogen) atoms. The third kappa shape index (κ3) is 2.85. The van der Waals surface area contributed by atoms with Crippen LogP contribution in [0.1, 0.15) is 24.4 Å². The predicted molar refractivity (Wildman–Crippen MR) is 102 cm³/mol. The number of hydrogen-bond acceptors (Lipinski definition) is 3. The van der Waals surface area contributed by atoms with Crippen molar-refractivity contribution in [2.45, 2.75) is 31.4 Å². The van der Waals surface area contributed by atoms with E-state index in [1.54, 1.807) is 6.20 Å². The summed E-state index contributed by atoms with van der Waals surface area (Å²) < 4.78 is 1.95. The van der Waals surface area contributed by atoms with Crippen LogP contribution in [0.3, 0.4) is 0 Å². The largest absolute Gasteiger partial charge is 0.391 e. The molecule has 1 aliphatic carbocycles. The summed E-state index contributed by atoms with van der Waals surface area (Å²) in [5.74, 6) is 1.30. The summed E-state index contributed by atoms with van der Waals surface area (Å²) in [7, 11) is 0. The lowest BCUT2D eigenvalue weighted by Gasteiger charge is -2.35. The van der Waals surface area contributed by atoms with Crippen molar-refractivity contribution in [1.29, 1.82) is 0 Å². The number of aliphatic hydroxyl groups is 1. The number of aliphatic hydroxyl groups excluding tert-OH is 1. The number of rotatable bonds is 4. The summed E-state index contributed by atoms with van der Waals surface area (Å²) in [5, 5.41) is 16.3. The average Bonchev–Trinajstić information content (AvgIpc) is 3.38. The van der Waals surface area contributed by atoms with E-state index in [-0.39, 0.29) is 12.1 Å². The minimum Gasteiger partial charge on any atom is -0.391 e. The molecule has 2 fully saturated rings. The van der Waals surface area contributed by atoms with Gasteiger partial charge in [-0.15, -0.1) is 0 Å². The van der Waals surface area contributed by atoms with Crippen LogP contribution < -0.4 is 0 Å². The molecule has 3 aromatic rings. The zero-order valence-electron chi connectivity index (χ0n) is 15.0. The van der Waals surface area contributed by atoms with Gasteiger partial charge in [-0.1, -0.05) is 18.2 Å². The zero-order chi connectivity index (χ0) is 17.5. The van der Waals surface area contributed by atoms with E-state index < -0.39 is 0 Å². The predicted octanol–water partition coefficient (Wildman–Crippen LogP) is 2.85. The molecule has 0 spiro atoms. The molecule has 2 aliphatic rings. The van der Waals surface area contributed by atoms with Crippen LogP contribution in [0, 0.1) is 11.8 Å². The molecule has 5 heteroatoms. The van der Waals surface area contributed by atoms with Crippen molar-refractivity contribution in [3.8, 4) is 0 Å². The summed E-state index contributed by atoms with van der Waals surface area (Å²) in [5.41, 5.74) is 2.63. The van der Waals surface area contributed by atoms with Gasteiger partial charge in [0.15, 0.2) is 0 Å². The highest BCUT2D eigenvalue weighted by atomic mass is 16.3. The molecule has 2 aromatic heterocycles. The highest BCUT2D eigenvalue weighted by molar-refractivity contribution is 5.83. The van der Waals surface area contributed by atoms with Gasteiger partial charge in [0, 0.05) is 49.1 Å². The van der Waals surface area contributed by atoms with Crippen LogP contribution in [0.2, 0.25) is 0 Å². The summed E-state index contributed by atoms with van der Waals surface area (Å²) >= 11 is 0. The van der Waals surface area contributed by atoms with Crippen LogP contribution in [0.4, 0.5) is 0 Å². The number of aromatic nitrogens is 3. The molecular formula is C21H26N4O. The second-order valence-electron chi connectivity index (χ2n) is 7.98. The SMILES string of the molecule is O[C@@H]1C[C@H]2CN(CCc3c[nH]c4ccccc34)C[C@H]2C[C@H]1n1cccn1. The maximum atomic E-state index is 10.6. The molecule has 5 nitrogen and oxygen atoms in total. The number of aromatic amines is 1. The van der Waals surface area contributed by atoms with E-state index >= 15 is 0 Å². The number of likely N-dealkylation sites (tertiary alicyclic amines) is 1. The molecule has 2 N–H and O–H groups in total. The molecule has 1 aliphatic heterocycles. The fourth-order valence-electron chi connectivity index (χ4n) is 5.07. The molecule has 0 bridgehead atoms. The number of nitrogens with zero attached hydrogens (tertiary/aromatic N) is 3. The van der Waals surface area contributed by atoms with Crippen LogP contribution >= 0.6 is 0 Å². The maximum Gasteiger partial charge on any atom is 0.0781 e. The van der Waals surface area contributed by atoms with E-state index in [1.165, 1.54) is 16.5 Å². The van der Waals surface area contributed by atoms with Crippen molar-refractivity contribution >= 4 is 10.9 Å². The topological polar surface area (TPSA) is 57.1 Å². The van der Waals surface area contributed by atoms with Gasteiger partial charge in [-0.25, -0.2) is 0 Å². The molecular weight excluding hydrogens is 324 g/mol. The van der Waals surface area contributed by atoms with Crippen molar-refractivity contribution < 1.29 is 5.11 Å². The van der Waals surface area contributed by atoms with E-state index in [0.717, 1.165) is 38.9 Å². The van der Waals surface area contributed by atoms with Crippen LogP contribution in [0.15, 0.2) is 48.9 Å². The highest BCUT2D eigenvalue weighted by Gasteiger charge is 2.42. The Hall–Kier alpha value is -2.11. The van der Waals surface area contributed by atoms with Gasteiger partial charge in [0.1, 0.15) is 0 Å². The molecule has 0 amide bonds. The average molecular weight is 350 g/mol. The van der Waals surface area contributed by atoms with Crippen molar-refractivity contribution in [3.05, 3.63) is 54.5 Å². The Morgan fingerprint density at radius 2 is 1.96 bits per heavy atom. The minimum absolute atomic E-state index is 0.139. The van der Waals surface area contributed by atoms with Gasteiger partial charge in [-0.3, -0.25) is 4.68 Å². The number of hydrogen-bond donors (Lipinski definition) is 2. The van der Waals surface area contributed by atoms with Gasteiger partial charge in [0.05, 0.1) is 12.1 Å². The van der Waals surface area contributed by atoms with Crippen molar-refractivity contribution in [3.63, 3.8) is 0 Å². The summed E-state index contributed by atoms with van der Waals surface area (Å²) in [6, 6.07) is 10.6. The van der Waals surface area contributed by atoms with Gasteiger partial charge in [0.2, 0.25) is 0 Å². The lowest BCUT2D eigenvalue weighted by Crippen LogP contribution is -2.36. The minimum atomic E-state index is -0.273. The first-order valence-electron chi connectivity index (χ1n) is 9.72. The first kappa shape index (κ1) is 16.1. The Morgan fingerprint density at radius 3 is 2.81 bits per heavy atom. The fourth-order valence-corrected chi connectivity index (χ4v) is 5.07. The van der Waals surface area contributed by atoms with Crippen LogP contribution in [0.5, 0.6) is 0 Å². The molecule has 0 radical (unpaired) electrons. The van der Waals surface area contributed by atoms with Gasteiger partial charge >= 0.3 is 0 Å². The smallest absolute Gasteiger partial charge is 0.0781 e. The number of benzene rings is 1. The van der Waals surface area contributed by atoms with E-state index in [4.69, 9.17) is 0 Å². The molecule has 3 heterocycles. The first-order valence-corrected chi connectivity index (χ1v) is 9.72. The zero-order valence-corrected chi connectivity index (χ0v) is 15.0. The lowest BCUT2D eigenvalue weighted by molar-refractivity contribution is 0.0306. The van der Waals surface area contributed by atoms with Crippen molar-refractivity contribution in [2.24, 2.45) is 11.8 Å². The third-order valence-corrected chi connectivity index (χ3v) is 6.42. The Kier molecular flexibility index (Phi) is 4.06. The summed E-state index contributed by atoms with van der Waals surface area (Å²) in [6.07, 6.45) is 8.69. The molecule has 4 atom stereocenters. The molecule has 0 unspecified atom stereocenters. The molecule has 1 aromatic carbocycles. The monoisotopic (exact) mass is 350 g/mol. The van der Waals surface area contributed by atoms with E-state index in [2.05, 4.69) is 45.4 Å². The van der Waals surface area contributed by atoms with Crippen molar-refractivity contribution in [2.75, 3.05) is 19.6 Å². The Bertz CT molecular complexity index is 871. The lowest BCUT2D eigenvalue weighted by atomic mass is 9.77. The van der Waals surface area contributed by atoms with Gasteiger partial charge in [-0.05, 0) is 48.8 Å². The highest BCUT2D eigenvalue weighted by Crippen LogP contribution is 2.41. The molecule has 1 saturated carbocycles. The number of para-hydroxylation sites is 1. The maximum absolute atomic E-state index is 10.6. The van der Waals surface area contributed by atoms with Crippen LogP contribution in [0.25, 0.3) is 10.9 Å². The van der Waals surface area contributed by atoms with E-state index in [1.807, 2.05) is 16.9 Å². The molecule has 1 saturated heterocycles.